The largest absolute Gasteiger partial charge is 0.396 e. The first-order valence-corrected chi connectivity index (χ1v) is 12.6. The minimum Gasteiger partial charge on any atom is -0.396 e. The molecule has 0 bridgehead atoms. The number of aliphatic hydroxyl groups is 1. The van der Waals surface area contributed by atoms with Gasteiger partial charge in [0.1, 0.15) is 5.78 Å². The number of Topliss-reactive ketones (excluding diaryl/α,β-unsaturated/α-hetero) is 1. The molecular weight excluding hydrogens is 452 g/mol. The van der Waals surface area contributed by atoms with E-state index in [2.05, 4.69) is 24.2 Å². The number of aromatic nitrogens is 2. The van der Waals surface area contributed by atoms with Crippen molar-refractivity contribution >= 4 is 17.4 Å². The number of hydrogen-bond donors (Lipinski definition) is 1. The molecule has 1 fully saturated rings. The summed E-state index contributed by atoms with van der Waals surface area (Å²) in [5, 5.41) is 18.7. The summed E-state index contributed by atoms with van der Waals surface area (Å²) in [5.74, 6) is 2.02. The Labute approximate surface area is 205 Å². The molecule has 34 heavy (non-hydrogen) atoms. The average molecular weight is 485 g/mol. The van der Waals surface area contributed by atoms with Crippen LogP contribution < -0.4 is 0 Å². The van der Waals surface area contributed by atoms with Crippen LogP contribution in [0.1, 0.15) is 85.9 Å². The van der Waals surface area contributed by atoms with E-state index in [1.54, 1.807) is 0 Å². The second kappa shape index (κ2) is 10.9. The summed E-state index contributed by atoms with van der Waals surface area (Å²) in [7, 11) is 0. The third-order valence-corrected chi connectivity index (χ3v) is 6.66. The number of carbonyl (C=O) groups is 1. The minimum absolute atomic E-state index is 0.0681. The Morgan fingerprint density at radius 3 is 2.68 bits per heavy atom. The fourth-order valence-electron chi connectivity index (χ4n) is 4.51. The van der Waals surface area contributed by atoms with Crippen LogP contribution in [0.25, 0.3) is 11.5 Å². The maximum atomic E-state index is 13.1. The Hall–Kier alpha value is -2.44. The van der Waals surface area contributed by atoms with Gasteiger partial charge in [-0.1, -0.05) is 47.9 Å². The third kappa shape index (κ3) is 5.97. The number of benzene rings is 1. The Bertz CT molecular complexity index is 1130. The first-order chi connectivity index (χ1) is 16.4. The lowest BCUT2D eigenvalue weighted by Crippen LogP contribution is -2.12. The van der Waals surface area contributed by atoms with E-state index in [1.807, 2.05) is 31.2 Å². The normalized spacial score (nSPS) is 14.6. The van der Waals surface area contributed by atoms with E-state index in [1.165, 1.54) is 0 Å². The predicted octanol–water partition coefficient (Wildman–Crippen LogP) is 6.43. The lowest BCUT2D eigenvalue weighted by atomic mass is 9.88. The molecule has 1 aliphatic rings. The molecule has 0 amide bonds. The molecule has 182 valence electrons. The van der Waals surface area contributed by atoms with Crippen molar-refractivity contribution in [3.8, 4) is 11.5 Å². The zero-order valence-electron chi connectivity index (χ0n) is 20.1. The second-order valence-electron chi connectivity index (χ2n) is 9.94. The van der Waals surface area contributed by atoms with Gasteiger partial charge in [-0.25, -0.2) is 0 Å². The highest BCUT2D eigenvalue weighted by Crippen LogP contribution is 2.49. The van der Waals surface area contributed by atoms with Gasteiger partial charge in [0.05, 0.1) is 11.4 Å². The molecule has 1 aromatic carbocycles. The molecule has 0 unspecified atom stereocenters. The maximum absolute atomic E-state index is 13.1. The van der Waals surface area contributed by atoms with Crippen LogP contribution in [0, 0.1) is 12.8 Å². The molecule has 2 heterocycles. The van der Waals surface area contributed by atoms with Gasteiger partial charge in [-0.05, 0) is 68.1 Å². The molecule has 4 rings (SSSR count). The first-order valence-electron chi connectivity index (χ1n) is 12.2. The summed E-state index contributed by atoms with van der Waals surface area (Å²) in [5.41, 5.74) is 4.65. The van der Waals surface area contributed by atoms with Crippen LogP contribution >= 0.6 is 11.6 Å². The van der Waals surface area contributed by atoms with E-state index >= 15 is 0 Å². The van der Waals surface area contributed by atoms with Gasteiger partial charge in [0.15, 0.2) is 0 Å². The summed E-state index contributed by atoms with van der Waals surface area (Å²) in [6.07, 6.45) is 4.81. The molecule has 6 nitrogen and oxygen atoms in total. The van der Waals surface area contributed by atoms with Crippen LogP contribution in [0.2, 0.25) is 5.02 Å². The van der Waals surface area contributed by atoms with Gasteiger partial charge in [-0.2, -0.15) is 0 Å². The zero-order valence-corrected chi connectivity index (χ0v) is 20.9. The van der Waals surface area contributed by atoms with Gasteiger partial charge < -0.3 is 14.2 Å². The topological polar surface area (TPSA) is 89.4 Å². The van der Waals surface area contributed by atoms with E-state index in [4.69, 9.17) is 20.6 Å². The minimum atomic E-state index is -0.130. The van der Waals surface area contributed by atoms with Gasteiger partial charge >= 0.3 is 0 Å². The predicted molar refractivity (Wildman–Crippen MR) is 131 cm³/mol. The highest BCUT2D eigenvalue weighted by Gasteiger charge is 2.37. The standard InChI is InChI=1S/C27H33ClN2O4/c1-16(2)11-21-15-24(33-29-21)27-25(18-8-9-18)26(30-34-27)20(5-4-10-31)14-22(32)13-19-7-6-17(3)12-23(19)28/h6-7,12,15-16,18,20,31H,4-5,8-11,13-14H2,1-3H3/t20-/m0/s1. The van der Waals surface area contributed by atoms with Gasteiger partial charge in [0.25, 0.3) is 0 Å². The smallest absolute Gasteiger partial charge is 0.208 e. The SMILES string of the molecule is Cc1ccc(CC(=O)C[C@H](CCCO)c2noc(-c3cc(CC(C)C)no3)c2C2CC2)c(Cl)c1. The van der Waals surface area contributed by atoms with Crippen molar-refractivity contribution in [1.82, 2.24) is 10.3 Å². The number of aliphatic hydroxyl groups excluding tert-OH is 1. The molecule has 1 N–H and O–H groups in total. The van der Waals surface area contributed by atoms with Gasteiger partial charge in [0, 0.05) is 42.0 Å². The summed E-state index contributed by atoms with van der Waals surface area (Å²) in [6.45, 7) is 6.33. The summed E-state index contributed by atoms with van der Waals surface area (Å²) in [6, 6.07) is 7.70. The van der Waals surface area contributed by atoms with Crippen LogP contribution in [0.4, 0.5) is 0 Å². The van der Waals surface area contributed by atoms with E-state index < -0.39 is 0 Å². The highest BCUT2D eigenvalue weighted by atomic mass is 35.5. The molecule has 0 saturated heterocycles. The van der Waals surface area contributed by atoms with Crippen LogP contribution in [0.5, 0.6) is 0 Å². The molecule has 2 aromatic heterocycles. The first kappa shape index (κ1) is 24.7. The van der Waals surface area contributed by atoms with Crippen LogP contribution in [0.15, 0.2) is 33.3 Å². The van der Waals surface area contributed by atoms with Gasteiger partial charge in [-0.15, -0.1) is 0 Å². The van der Waals surface area contributed by atoms with E-state index in [0.717, 1.165) is 47.3 Å². The Kier molecular flexibility index (Phi) is 7.89. The van der Waals surface area contributed by atoms with Crippen molar-refractivity contribution < 1.29 is 18.9 Å². The van der Waals surface area contributed by atoms with Gasteiger partial charge in [-0.3, -0.25) is 4.79 Å². The number of hydrogen-bond acceptors (Lipinski definition) is 6. The maximum Gasteiger partial charge on any atom is 0.208 e. The molecule has 1 aliphatic carbocycles. The number of rotatable bonds is 12. The molecule has 3 aromatic rings. The molecule has 0 radical (unpaired) electrons. The lowest BCUT2D eigenvalue weighted by Gasteiger charge is -2.15. The molecule has 1 atom stereocenters. The van der Waals surface area contributed by atoms with E-state index in [9.17, 15) is 9.90 Å². The van der Waals surface area contributed by atoms with Crippen molar-refractivity contribution in [1.29, 1.82) is 0 Å². The number of halogens is 1. The van der Waals surface area contributed by atoms with Crippen molar-refractivity contribution in [2.75, 3.05) is 6.61 Å². The molecule has 7 heteroatoms. The molecule has 0 spiro atoms. The van der Waals surface area contributed by atoms with E-state index in [0.29, 0.717) is 47.6 Å². The molecule has 1 saturated carbocycles. The van der Waals surface area contributed by atoms with Crippen molar-refractivity contribution in [2.24, 2.45) is 5.92 Å². The second-order valence-corrected chi connectivity index (χ2v) is 10.3. The molecule has 0 aliphatic heterocycles. The van der Waals surface area contributed by atoms with Crippen molar-refractivity contribution in [3.05, 3.63) is 57.4 Å². The number of ketones is 1. The summed E-state index contributed by atoms with van der Waals surface area (Å²) in [4.78, 5) is 13.1. The lowest BCUT2D eigenvalue weighted by molar-refractivity contribution is -0.118. The number of carbonyl (C=O) groups excluding carboxylic acids is 1. The Morgan fingerprint density at radius 2 is 2.00 bits per heavy atom. The van der Waals surface area contributed by atoms with Crippen molar-refractivity contribution in [3.63, 3.8) is 0 Å². The van der Waals surface area contributed by atoms with Crippen LogP contribution in [-0.4, -0.2) is 27.8 Å². The average Bonchev–Trinajstić information content (AvgIpc) is 3.36. The fourth-order valence-corrected chi connectivity index (χ4v) is 4.81. The third-order valence-electron chi connectivity index (χ3n) is 6.31. The number of aryl methyl sites for hydroxylation is 1. The number of nitrogens with zero attached hydrogens (tertiary/aromatic N) is 2. The van der Waals surface area contributed by atoms with Gasteiger partial charge in [0.2, 0.25) is 11.5 Å². The fraction of sp³-hybridized carbons (Fsp3) is 0.519. The Morgan fingerprint density at radius 1 is 1.21 bits per heavy atom. The summed E-state index contributed by atoms with van der Waals surface area (Å²) < 4.78 is 11.4. The monoisotopic (exact) mass is 484 g/mol. The van der Waals surface area contributed by atoms with Crippen molar-refractivity contribution in [2.45, 2.75) is 77.6 Å². The van der Waals surface area contributed by atoms with Crippen LogP contribution in [0.3, 0.4) is 0 Å². The summed E-state index contributed by atoms with van der Waals surface area (Å²) >= 11 is 6.36. The Balaban J connectivity index is 1.58. The van der Waals surface area contributed by atoms with Crippen LogP contribution in [-0.2, 0) is 17.6 Å². The van der Waals surface area contributed by atoms with E-state index in [-0.39, 0.29) is 24.7 Å². The molecular formula is C27H33ClN2O4. The highest BCUT2D eigenvalue weighted by molar-refractivity contribution is 6.31. The zero-order chi connectivity index (χ0) is 24.2. The quantitative estimate of drug-likeness (QED) is 0.319.